The molecule has 4 aromatic rings. The fraction of sp³-hybridized carbons (Fsp3) is 0.375. The first-order valence-electron chi connectivity index (χ1n) is 15.0. The van der Waals surface area contributed by atoms with E-state index in [2.05, 4.69) is 9.71 Å². The zero-order valence-corrected chi connectivity index (χ0v) is 26.5. The number of ether oxygens (including phenoxy) is 3. The number of anilines is 2. The number of carboxylic acid groups (broad SMARTS) is 1. The first-order chi connectivity index (χ1) is 22.5. The van der Waals surface area contributed by atoms with Gasteiger partial charge in [0.1, 0.15) is 28.6 Å². The predicted molar refractivity (Wildman–Crippen MR) is 170 cm³/mol. The number of carboxylic acids is 1. The molecule has 0 amide bonds. The molecule has 2 aliphatic rings. The third-order valence-electron chi connectivity index (χ3n) is 8.28. The molecule has 248 valence electrons. The second kappa shape index (κ2) is 13.2. The normalized spacial score (nSPS) is 18.6. The molecule has 0 unspecified atom stereocenters. The minimum Gasteiger partial charge on any atom is -0.488 e. The highest BCUT2D eigenvalue weighted by molar-refractivity contribution is 7.92. The largest absolute Gasteiger partial charge is 0.488 e. The number of nitrogens with one attached hydrogen (secondary N) is 1. The third-order valence-corrected chi connectivity index (χ3v) is 8.87. The lowest BCUT2D eigenvalue weighted by Gasteiger charge is -2.30. The molecule has 47 heavy (non-hydrogen) atoms. The monoisotopic (exact) mass is 669 g/mol. The molecule has 2 aromatic carbocycles. The molecule has 1 aliphatic heterocycles. The van der Waals surface area contributed by atoms with Crippen LogP contribution in [0.1, 0.15) is 47.5 Å². The van der Waals surface area contributed by atoms with E-state index >= 15 is 4.39 Å². The van der Waals surface area contributed by atoms with Gasteiger partial charge in [-0.1, -0.05) is 6.07 Å². The maximum atomic E-state index is 15.3. The summed E-state index contributed by atoms with van der Waals surface area (Å²) in [6, 6.07) is 8.08. The van der Waals surface area contributed by atoms with Gasteiger partial charge in [-0.15, -0.1) is 0 Å². The van der Waals surface area contributed by atoms with Crippen LogP contribution in [0.2, 0.25) is 0 Å². The quantitative estimate of drug-likeness (QED) is 0.248. The summed E-state index contributed by atoms with van der Waals surface area (Å²) in [7, 11) is -2.32. The number of nitrogens with zero attached hydrogens (tertiary/aromatic N) is 4. The molecule has 2 fully saturated rings. The van der Waals surface area contributed by atoms with Gasteiger partial charge in [0.25, 0.3) is 0 Å². The van der Waals surface area contributed by atoms with Gasteiger partial charge in [-0.3, -0.25) is 4.72 Å². The zero-order valence-electron chi connectivity index (χ0n) is 25.7. The molecular formula is C32H33F2N5O7S. The number of hydrogen-bond donors (Lipinski definition) is 2. The highest BCUT2D eigenvalue weighted by Crippen LogP contribution is 2.40. The SMILES string of the molecule is COc1ncc(-c2nc(N3CCOCC3)nc3c(OC4CCC(c5ccc(C(=O)O)cc5F)CC4)cc(F)cc23)cc1NS(C)(=O)=O. The Morgan fingerprint density at radius 1 is 1.06 bits per heavy atom. The second-order valence-electron chi connectivity index (χ2n) is 11.6. The molecular weight excluding hydrogens is 636 g/mol. The molecule has 2 aromatic heterocycles. The molecule has 15 heteroatoms. The zero-order chi connectivity index (χ0) is 33.3. The van der Waals surface area contributed by atoms with Gasteiger partial charge in [0.2, 0.25) is 21.9 Å². The van der Waals surface area contributed by atoms with Gasteiger partial charge >= 0.3 is 5.97 Å². The minimum atomic E-state index is -3.69. The summed E-state index contributed by atoms with van der Waals surface area (Å²) in [5.41, 5.74) is 1.53. The van der Waals surface area contributed by atoms with Gasteiger partial charge in [-0.05, 0) is 61.4 Å². The summed E-state index contributed by atoms with van der Waals surface area (Å²) in [5, 5.41) is 9.50. The molecule has 0 bridgehead atoms. The highest BCUT2D eigenvalue weighted by atomic mass is 32.2. The lowest BCUT2D eigenvalue weighted by Crippen LogP contribution is -2.37. The van der Waals surface area contributed by atoms with Crippen molar-refractivity contribution in [1.29, 1.82) is 0 Å². The van der Waals surface area contributed by atoms with Crippen LogP contribution in [0, 0.1) is 11.6 Å². The second-order valence-corrected chi connectivity index (χ2v) is 13.3. The lowest BCUT2D eigenvalue weighted by molar-refractivity contribution is 0.0696. The number of hydrogen-bond acceptors (Lipinski definition) is 10. The Morgan fingerprint density at radius 2 is 1.81 bits per heavy atom. The number of aromatic carboxylic acids is 1. The summed E-state index contributed by atoms with van der Waals surface area (Å²) >= 11 is 0. The van der Waals surface area contributed by atoms with Crippen LogP contribution in [-0.4, -0.2) is 80.2 Å². The van der Waals surface area contributed by atoms with Gasteiger partial charge in [0.15, 0.2) is 0 Å². The molecule has 6 rings (SSSR count). The van der Waals surface area contributed by atoms with Crippen molar-refractivity contribution in [3.05, 3.63) is 65.4 Å². The van der Waals surface area contributed by atoms with E-state index in [9.17, 15) is 17.6 Å². The number of carbonyl (C=O) groups is 1. The fourth-order valence-electron chi connectivity index (χ4n) is 6.05. The first kappa shape index (κ1) is 32.3. The van der Waals surface area contributed by atoms with Crippen LogP contribution in [0.3, 0.4) is 0 Å². The maximum absolute atomic E-state index is 15.3. The van der Waals surface area contributed by atoms with E-state index in [0.717, 1.165) is 12.3 Å². The summed E-state index contributed by atoms with van der Waals surface area (Å²) in [4.78, 5) is 27.0. The standard InChI is InChI=1S/C32H33F2N5O7S/c1-44-30-26(38-47(2,42)43)14-20(17-35-30)28-24-15-21(33)16-27(29(24)37-32(36-28)39-9-11-45-12-10-39)46-22-6-3-18(4-7-22)23-8-5-19(31(40)41)13-25(23)34/h5,8,13-18,22,38H,3-4,6-7,9-12H2,1-2H3,(H,40,41). The van der Waals surface area contributed by atoms with Gasteiger partial charge in [-0.25, -0.2) is 36.9 Å². The molecule has 12 nitrogen and oxygen atoms in total. The van der Waals surface area contributed by atoms with Crippen molar-refractivity contribution in [2.24, 2.45) is 0 Å². The van der Waals surface area contributed by atoms with Gasteiger partial charge in [0.05, 0.1) is 43.9 Å². The maximum Gasteiger partial charge on any atom is 0.335 e. The highest BCUT2D eigenvalue weighted by Gasteiger charge is 2.28. The predicted octanol–water partition coefficient (Wildman–Crippen LogP) is 4.99. The molecule has 1 aliphatic carbocycles. The number of morpholine rings is 1. The van der Waals surface area contributed by atoms with Crippen LogP contribution in [0.4, 0.5) is 20.4 Å². The van der Waals surface area contributed by atoms with Gasteiger partial charge in [-0.2, -0.15) is 0 Å². The van der Waals surface area contributed by atoms with Gasteiger partial charge < -0.3 is 24.2 Å². The molecule has 1 saturated heterocycles. The fourth-order valence-corrected chi connectivity index (χ4v) is 6.60. The van der Waals surface area contributed by atoms with Crippen LogP contribution in [0.25, 0.3) is 22.2 Å². The summed E-state index contributed by atoms with van der Waals surface area (Å²) in [6.45, 7) is 1.99. The van der Waals surface area contributed by atoms with E-state index in [1.807, 2.05) is 4.90 Å². The number of benzene rings is 2. The van der Waals surface area contributed by atoms with E-state index in [4.69, 9.17) is 29.3 Å². The Balaban J connectivity index is 1.35. The van der Waals surface area contributed by atoms with Crippen molar-refractivity contribution in [3.63, 3.8) is 0 Å². The number of pyridine rings is 1. The van der Waals surface area contributed by atoms with Crippen molar-refractivity contribution in [2.75, 3.05) is 49.3 Å². The number of methoxy groups -OCH3 is 1. The number of fused-ring (bicyclic) bond motifs is 1. The average Bonchev–Trinajstić information content (AvgIpc) is 3.04. The van der Waals surface area contributed by atoms with E-state index < -0.39 is 27.6 Å². The van der Waals surface area contributed by atoms with Crippen molar-refractivity contribution >= 4 is 38.5 Å². The summed E-state index contributed by atoms with van der Waals surface area (Å²) < 4.78 is 73.8. The van der Waals surface area contributed by atoms with E-state index in [-0.39, 0.29) is 34.9 Å². The van der Waals surface area contributed by atoms with Crippen LogP contribution >= 0.6 is 0 Å². The molecule has 0 radical (unpaired) electrons. The Kier molecular flexibility index (Phi) is 9.10. The molecule has 2 N–H and O–H groups in total. The van der Waals surface area contributed by atoms with Crippen molar-refractivity contribution in [2.45, 2.75) is 37.7 Å². The summed E-state index contributed by atoms with van der Waals surface area (Å²) in [5.74, 6) is -1.79. The van der Waals surface area contributed by atoms with Crippen LogP contribution in [0.15, 0.2) is 42.6 Å². The van der Waals surface area contributed by atoms with Crippen molar-refractivity contribution in [1.82, 2.24) is 15.0 Å². The third kappa shape index (κ3) is 7.20. The van der Waals surface area contributed by atoms with E-state index in [0.29, 0.717) is 85.7 Å². The minimum absolute atomic E-state index is 0.0504. The van der Waals surface area contributed by atoms with Crippen LogP contribution in [0.5, 0.6) is 11.6 Å². The lowest BCUT2D eigenvalue weighted by atomic mass is 9.82. The smallest absolute Gasteiger partial charge is 0.335 e. The van der Waals surface area contributed by atoms with E-state index in [1.54, 1.807) is 0 Å². The Hall–Kier alpha value is -4.63. The molecule has 1 saturated carbocycles. The first-order valence-corrected chi connectivity index (χ1v) is 16.9. The number of rotatable bonds is 9. The average molecular weight is 670 g/mol. The van der Waals surface area contributed by atoms with Crippen LogP contribution < -0.4 is 19.1 Å². The number of sulfonamides is 1. The Labute approximate surface area is 269 Å². The van der Waals surface area contributed by atoms with E-state index in [1.165, 1.54) is 43.6 Å². The molecule has 0 atom stereocenters. The topological polar surface area (TPSA) is 153 Å². The van der Waals surface area contributed by atoms with Crippen molar-refractivity contribution in [3.8, 4) is 22.9 Å². The summed E-state index contributed by atoms with van der Waals surface area (Å²) in [6.07, 6.45) is 4.46. The van der Waals surface area contributed by atoms with Crippen LogP contribution in [-0.2, 0) is 14.8 Å². The molecule has 3 heterocycles. The Bertz CT molecular complexity index is 1930. The van der Waals surface area contributed by atoms with Gasteiger partial charge in [0, 0.05) is 36.3 Å². The number of halogens is 2. The number of aromatic nitrogens is 3. The molecule has 0 spiro atoms. The van der Waals surface area contributed by atoms with Crippen molar-refractivity contribution < 1.29 is 41.3 Å². The Morgan fingerprint density at radius 3 is 2.47 bits per heavy atom.